The molecule has 6 heteroatoms. The minimum atomic E-state index is 0. The Morgan fingerprint density at radius 1 is 1.22 bits per heavy atom. The molecule has 0 atom stereocenters. The first-order valence-electron chi connectivity index (χ1n) is 7.93. The largest absolute Gasteiger partial charge is 0.370 e. The van der Waals surface area contributed by atoms with Crippen molar-refractivity contribution in [3.8, 4) is 5.69 Å². The number of aromatic nitrogens is 2. The Morgan fingerprint density at radius 2 is 2.04 bits per heavy atom. The molecular formula is C17H26IN5. The fourth-order valence-electron chi connectivity index (χ4n) is 2.27. The van der Waals surface area contributed by atoms with E-state index in [1.165, 1.54) is 19.3 Å². The van der Waals surface area contributed by atoms with Crippen LogP contribution in [0.25, 0.3) is 5.69 Å². The summed E-state index contributed by atoms with van der Waals surface area (Å²) in [5, 5.41) is 7.45. The van der Waals surface area contributed by atoms with Crippen molar-refractivity contribution < 1.29 is 0 Å². The molecule has 0 fully saturated rings. The Balaban J connectivity index is 0.00000264. The lowest BCUT2D eigenvalue weighted by atomic mass is 10.2. The van der Waals surface area contributed by atoms with Crippen LogP contribution in [0, 0.1) is 0 Å². The van der Waals surface area contributed by atoms with E-state index in [1.54, 1.807) is 6.20 Å². The van der Waals surface area contributed by atoms with E-state index in [0.29, 0.717) is 12.5 Å². The van der Waals surface area contributed by atoms with Crippen LogP contribution in [-0.4, -0.2) is 22.3 Å². The topological polar surface area (TPSA) is 68.2 Å². The number of unbranched alkanes of at least 4 members (excludes halogenated alkanes) is 3. The van der Waals surface area contributed by atoms with Crippen molar-refractivity contribution in [2.75, 3.05) is 6.54 Å². The highest BCUT2D eigenvalue weighted by Crippen LogP contribution is 2.14. The third kappa shape index (κ3) is 6.60. The first kappa shape index (κ1) is 19.5. The summed E-state index contributed by atoms with van der Waals surface area (Å²) in [6.45, 7) is 3.64. The van der Waals surface area contributed by atoms with Crippen LogP contribution in [0.1, 0.15) is 38.2 Å². The van der Waals surface area contributed by atoms with Crippen molar-refractivity contribution in [1.82, 2.24) is 15.1 Å². The summed E-state index contributed by atoms with van der Waals surface area (Å²) in [4.78, 5) is 4.42. The molecule has 0 saturated heterocycles. The molecule has 0 unspecified atom stereocenters. The second-order valence-electron chi connectivity index (χ2n) is 5.27. The standard InChI is InChI=1S/C17H25N5.HI/c1-2-3-4-7-11-19-17(18)20-14-15-9-5-6-10-16(15)22-13-8-12-21-22;/h5-6,8-10,12-13H,2-4,7,11,14H2,1H3,(H3,18,19,20);1H. The van der Waals surface area contributed by atoms with Gasteiger partial charge in [-0.3, -0.25) is 0 Å². The number of benzene rings is 1. The minimum Gasteiger partial charge on any atom is -0.370 e. The van der Waals surface area contributed by atoms with E-state index in [9.17, 15) is 0 Å². The molecule has 126 valence electrons. The number of hydrogen-bond acceptors (Lipinski definition) is 2. The van der Waals surface area contributed by atoms with Crippen LogP contribution in [0.2, 0.25) is 0 Å². The number of guanidine groups is 1. The summed E-state index contributed by atoms with van der Waals surface area (Å²) in [5.41, 5.74) is 8.05. The van der Waals surface area contributed by atoms with Gasteiger partial charge in [-0.25, -0.2) is 9.67 Å². The minimum absolute atomic E-state index is 0. The Bertz CT molecular complexity index is 580. The van der Waals surface area contributed by atoms with Gasteiger partial charge in [-0.2, -0.15) is 5.10 Å². The Hall–Kier alpha value is -1.57. The number of nitrogens with two attached hydrogens (primary N) is 1. The van der Waals surface area contributed by atoms with Crippen molar-refractivity contribution in [2.24, 2.45) is 10.7 Å². The quantitative estimate of drug-likeness (QED) is 0.293. The third-order valence-corrected chi connectivity index (χ3v) is 3.50. The molecule has 0 radical (unpaired) electrons. The number of nitrogens with one attached hydrogen (secondary N) is 1. The number of rotatable bonds is 8. The summed E-state index contributed by atoms with van der Waals surface area (Å²) < 4.78 is 1.85. The second kappa shape index (κ2) is 11.0. The lowest BCUT2D eigenvalue weighted by Gasteiger charge is -2.09. The van der Waals surface area contributed by atoms with Gasteiger partial charge >= 0.3 is 0 Å². The van der Waals surface area contributed by atoms with Crippen molar-refractivity contribution in [1.29, 1.82) is 0 Å². The molecule has 0 aliphatic rings. The monoisotopic (exact) mass is 427 g/mol. The molecule has 0 saturated carbocycles. The van der Waals surface area contributed by atoms with E-state index in [4.69, 9.17) is 5.73 Å². The molecule has 23 heavy (non-hydrogen) atoms. The maximum atomic E-state index is 5.92. The van der Waals surface area contributed by atoms with Gasteiger partial charge in [0.25, 0.3) is 0 Å². The van der Waals surface area contributed by atoms with Gasteiger partial charge in [0.15, 0.2) is 5.96 Å². The van der Waals surface area contributed by atoms with E-state index >= 15 is 0 Å². The van der Waals surface area contributed by atoms with Crippen LogP contribution in [0.5, 0.6) is 0 Å². The average Bonchev–Trinajstić information content (AvgIpc) is 3.07. The highest BCUT2D eigenvalue weighted by molar-refractivity contribution is 14.0. The zero-order chi connectivity index (χ0) is 15.6. The smallest absolute Gasteiger partial charge is 0.188 e. The molecule has 0 aliphatic heterocycles. The van der Waals surface area contributed by atoms with E-state index < -0.39 is 0 Å². The van der Waals surface area contributed by atoms with Gasteiger partial charge in [0.05, 0.1) is 12.2 Å². The lowest BCUT2D eigenvalue weighted by Crippen LogP contribution is -2.32. The SMILES string of the molecule is CCCCCCNC(N)=NCc1ccccc1-n1cccn1.I. The van der Waals surface area contributed by atoms with Gasteiger partial charge in [0, 0.05) is 18.9 Å². The predicted molar refractivity (Wildman–Crippen MR) is 106 cm³/mol. The molecule has 0 spiro atoms. The van der Waals surface area contributed by atoms with E-state index in [1.807, 2.05) is 35.1 Å². The normalized spacial score (nSPS) is 11.1. The number of nitrogens with zero attached hydrogens (tertiary/aromatic N) is 3. The lowest BCUT2D eigenvalue weighted by molar-refractivity contribution is 0.652. The number of hydrogen-bond donors (Lipinski definition) is 2. The fraction of sp³-hybridized carbons (Fsp3) is 0.412. The molecule has 5 nitrogen and oxygen atoms in total. The van der Waals surface area contributed by atoms with E-state index in [-0.39, 0.29) is 24.0 Å². The Labute approximate surface area is 155 Å². The molecule has 2 aromatic rings. The van der Waals surface area contributed by atoms with Crippen LogP contribution < -0.4 is 11.1 Å². The predicted octanol–water partition coefficient (Wildman–Crippen LogP) is 3.47. The zero-order valence-corrected chi connectivity index (χ0v) is 15.9. The molecule has 1 aromatic heterocycles. The summed E-state index contributed by atoms with van der Waals surface area (Å²) in [7, 11) is 0. The molecule has 1 heterocycles. The van der Waals surface area contributed by atoms with Gasteiger partial charge in [-0.1, -0.05) is 44.4 Å². The van der Waals surface area contributed by atoms with E-state index in [2.05, 4.69) is 28.4 Å². The zero-order valence-electron chi connectivity index (χ0n) is 13.6. The molecule has 0 bridgehead atoms. The molecule has 1 aromatic carbocycles. The van der Waals surface area contributed by atoms with Crippen LogP contribution in [0.3, 0.4) is 0 Å². The summed E-state index contributed by atoms with van der Waals surface area (Å²) in [6, 6.07) is 10.00. The summed E-state index contributed by atoms with van der Waals surface area (Å²) in [6.07, 6.45) is 8.58. The van der Waals surface area contributed by atoms with Gasteiger partial charge in [-0.15, -0.1) is 24.0 Å². The van der Waals surface area contributed by atoms with Crippen molar-refractivity contribution in [3.63, 3.8) is 0 Å². The summed E-state index contributed by atoms with van der Waals surface area (Å²) in [5.74, 6) is 0.506. The number of para-hydroxylation sites is 1. The fourth-order valence-corrected chi connectivity index (χ4v) is 2.27. The molecule has 3 N–H and O–H groups in total. The highest BCUT2D eigenvalue weighted by Gasteiger charge is 2.03. The highest BCUT2D eigenvalue weighted by atomic mass is 127. The second-order valence-corrected chi connectivity index (χ2v) is 5.27. The maximum absolute atomic E-state index is 5.92. The molecule has 0 aliphatic carbocycles. The third-order valence-electron chi connectivity index (χ3n) is 3.50. The van der Waals surface area contributed by atoms with Crippen molar-refractivity contribution >= 4 is 29.9 Å². The number of aliphatic imine (C=N–C) groups is 1. The van der Waals surface area contributed by atoms with Crippen LogP contribution in [0.15, 0.2) is 47.7 Å². The maximum Gasteiger partial charge on any atom is 0.188 e. The van der Waals surface area contributed by atoms with Gasteiger partial charge in [0.2, 0.25) is 0 Å². The van der Waals surface area contributed by atoms with Gasteiger partial charge < -0.3 is 11.1 Å². The van der Waals surface area contributed by atoms with E-state index in [0.717, 1.165) is 24.2 Å². The van der Waals surface area contributed by atoms with Crippen LogP contribution in [-0.2, 0) is 6.54 Å². The first-order valence-corrected chi connectivity index (χ1v) is 7.93. The summed E-state index contributed by atoms with van der Waals surface area (Å²) >= 11 is 0. The molecule has 0 amide bonds. The molecule has 2 rings (SSSR count). The molecular weight excluding hydrogens is 401 g/mol. The average molecular weight is 427 g/mol. The first-order chi connectivity index (χ1) is 10.8. The van der Waals surface area contributed by atoms with Gasteiger partial charge in [-0.05, 0) is 24.1 Å². The van der Waals surface area contributed by atoms with Crippen LogP contribution >= 0.6 is 24.0 Å². The Kier molecular flexibility index (Phi) is 9.35. The van der Waals surface area contributed by atoms with Crippen LogP contribution in [0.4, 0.5) is 0 Å². The number of halogens is 1. The van der Waals surface area contributed by atoms with Crippen molar-refractivity contribution in [2.45, 2.75) is 39.2 Å². The van der Waals surface area contributed by atoms with Crippen molar-refractivity contribution in [3.05, 3.63) is 48.3 Å². The van der Waals surface area contributed by atoms with Gasteiger partial charge in [0.1, 0.15) is 0 Å². The Morgan fingerprint density at radius 3 is 2.78 bits per heavy atom.